The van der Waals surface area contributed by atoms with E-state index in [4.69, 9.17) is 4.98 Å². The number of benzene rings is 1. The van der Waals surface area contributed by atoms with Crippen LogP contribution in [0, 0.1) is 11.7 Å². The van der Waals surface area contributed by atoms with E-state index in [1.165, 1.54) is 24.1 Å². The molecule has 1 aromatic carbocycles. The molecule has 2 aliphatic rings. The van der Waals surface area contributed by atoms with Crippen LogP contribution in [0.15, 0.2) is 24.3 Å². The normalized spacial score (nSPS) is 17.4. The summed E-state index contributed by atoms with van der Waals surface area (Å²) in [5.41, 5.74) is 4.67. The van der Waals surface area contributed by atoms with Crippen LogP contribution in [-0.2, 0) is 24.1 Å². The molecule has 0 bridgehead atoms. The lowest BCUT2D eigenvalue weighted by molar-refractivity contribution is -0.140. The Hall–Kier alpha value is -2.47. The molecule has 0 aliphatic carbocycles. The van der Waals surface area contributed by atoms with Crippen LogP contribution in [0.3, 0.4) is 0 Å². The Kier molecular flexibility index (Phi) is 9.58. The Morgan fingerprint density at radius 3 is 2.68 bits per heavy atom. The summed E-state index contributed by atoms with van der Waals surface area (Å²) in [4.78, 5) is 19.7. The van der Waals surface area contributed by atoms with Crippen molar-refractivity contribution in [3.05, 3.63) is 58.0 Å². The zero-order valence-electron chi connectivity index (χ0n) is 22.9. The number of aryl methyl sites for hydroxylation is 2. The zero-order chi connectivity index (χ0) is 26.4. The zero-order valence-corrected chi connectivity index (χ0v) is 22.9. The van der Waals surface area contributed by atoms with Crippen molar-refractivity contribution >= 4 is 11.8 Å². The third kappa shape index (κ3) is 6.90. The number of anilines is 1. The molecular weight excluding hydrogens is 465 g/mol. The number of piperidine rings is 1. The van der Waals surface area contributed by atoms with Gasteiger partial charge in [-0.25, -0.2) is 9.37 Å². The fraction of sp³-hybridized carbons (Fsp3) is 0.613. The van der Waals surface area contributed by atoms with Crippen LogP contribution >= 0.6 is 0 Å². The number of aromatic nitrogens is 1. The maximum absolute atomic E-state index is 14.9. The second kappa shape index (κ2) is 12.9. The third-order valence-corrected chi connectivity index (χ3v) is 8.34. The van der Waals surface area contributed by atoms with E-state index in [2.05, 4.69) is 22.3 Å². The third-order valence-electron chi connectivity index (χ3n) is 8.34. The first-order chi connectivity index (χ1) is 17.9. The van der Waals surface area contributed by atoms with Crippen LogP contribution < -0.4 is 5.32 Å². The molecular formula is C31H44FN3O2. The minimum atomic E-state index is -0.820. The van der Waals surface area contributed by atoms with Crippen LogP contribution in [0.4, 0.5) is 10.2 Å². The van der Waals surface area contributed by atoms with E-state index in [0.717, 1.165) is 76.1 Å². The maximum Gasteiger partial charge on any atom is 0.311 e. The van der Waals surface area contributed by atoms with Crippen molar-refractivity contribution in [3.8, 4) is 0 Å². The largest absolute Gasteiger partial charge is 0.481 e. The molecule has 0 unspecified atom stereocenters. The van der Waals surface area contributed by atoms with Crippen LogP contribution in [0.2, 0.25) is 0 Å². The summed E-state index contributed by atoms with van der Waals surface area (Å²) in [7, 11) is 0. The lowest BCUT2D eigenvalue weighted by atomic mass is 9.77. The van der Waals surface area contributed by atoms with Crippen LogP contribution in [0.5, 0.6) is 0 Å². The first-order valence-electron chi connectivity index (χ1n) is 14.4. The molecule has 6 heteroatoms. The number of fused-ring (bicyclic) bond motifs is 1. The number of carbonyl (C=O) groups is 1. The highest BCUT2D eigenvalue weighted by Crippen LogP contribution is 2.37. The molecule has 1 saturated heterocycles. The van der Waals surface area contributed by atoms with Gasteiger partial charge in [0.15, 0.2) is 0 Å². The average Bonchev–Trinajstić information content (AvgIpc) is 2.89. The van der Waals surface area contributed by atoms with E-state index in [-0.39, 0.29) is 17.7 Å². The van der Waals surface area contributed by atoms with Crippen molar-refractivity contribution in [3.63, 3.8) is 0 Å². The number of nitrogens with zero attached hydrogens (tertiary/aromatic N) is 2. The van der Waals surface area contributed by atoms with Gasteiger partial charge in [0, 0.05) is 12.2 Å². The molecule has 0 saturated carbocycles. The van der Waals surface area contributed by atoms with E-state index in [9.17, 15) is 14.3 Å². The summed E-state index contributed by atoms with van der Waals surface area (Å²) in [5, 5.41) is 13.6. The number of carboxylic acids is 1. The number of pyridine rings is 1. The molecule has 4 rings (SSSR count). The molecule has 0 radical (unpaired) electrons. The van der Waals surface area contributed by atoms with E-state index >= 15 is 0 Å². The predicted molar refractivity (Wildman–Crippen MR) is 148 cm³/mol. The second-order valence-electron chi connectivity index (χ2n) is 11.2. The number of hydrogen-bond acceptors (Lipinski definition) is 4. The summed E-state index contributed by atoms with van der Waals surface area (Å²) < 4.78 is 14.9. The minimum absolute atomic E-state index is 0.0459. The quantitative estimate of drug-likeness (QED) is 0.336. The standard InChI is InChI=1S/C31H44FN3O2/c1-4-26-27(19-24(21(2)3)20-28(26)32)29(31(36)37)22-13-17-35(18-14-22)16-7-5-6-10-25-12-11-23-9-8-15-33-30(23)34-25/h11-12,19-22,29H,4-10,13-18H2,1-3H3,(H,33,34)(H,36,37)/t29-/m1/s1. The van der Waals surface area contributed by atoms with Gasteiger partial charge in [0.2, 0.25) is 0 Å². The van der Waals surface area contributed by atoms with Crippen molar-refractivity contribution in [2.75, 3.05) is 31.5 Å². The Bertz CT molecular complexity index is 1060. The fourth-order valence-electron chi connectivity index (χ4n) is 6.09. The predicted octanol–water partition coefficient (Wildman–Crippen LogP) is 6.56. The lowest BCUT2D eigenvalue weighted by Gasteiger charge is -2.35. The summed E-state index contributed by atoms with van der Waals surface area (Å²) in [5.74, 6) is -0.423. The molecule has 5 nitrogen and oxygen atoms in total. The monoisotopic (exact) mass is 509 g/mol. The molecule has 0 amide bonds. The van der Waals surface area contributed by atoms with E-state index in [0.29, 0.717) is 17.5 Å². The fourth-order valence-corrected chi connectivity index (χ4v) is 6.09. The summed E-state index contributed by atoms with van der Waals surface area (Å²) in [6, 6.07) is 7.97. The molecule has 1 fully saturated rings. The maximum atomic E-state index is 14.9. The molecule has 1 aromatic heterocycles. The lowest BCUT2D eigenvalue weighted by Crippen LogP contribution is -2.38. The number of likely N-dealkylation sites (tertiary alicyclic amines) is 1. The summed E-state index contributed by atoms with van der Waals surface area (Å²) in [6.07, 6.45) is 9.00. The van der Waals surface area contributed by atoms with Crippen LogP contribution in [0.1, 0.15) is 99.1 Å². The first kappa shape index (κ1) is 27.6. The van der Waals surface area contributed by atoms with Crippen molar-refractivity contribution in [2.45, 2.75) is 90.4 Å². The van der Waals surface area contributed by atoms with Crippen molar-refractivity contribution in [1.82, 2.24) is 9.88 Å². The molecule has 2 aromatic rings. The Balaban J connectivity index is 1.26. The van der Waals surface area contributed by atoms with Crippen molar-refractivity contribution in [2.24, 2.45) is 5.92 Å². The molecule has 3 heterocycles. The number of aliphatic carboxylic acids is 1. The Morgan fingerprint density at radius 1 is 1.19 bits per heavy atom. The molecule has 1 atom stereocenters. The number of rotatable bonds is 11. The highest BCUT2D eigenvalue weighted by atomic mass is 19.1. The molecule has 37 heavy (non-hydrogen) atoms. The average molecular weight is 510 g/mol. The summed E-state index contributed by atoms with van der Waals surface area (Å²) in [6.45, 7) is 9.88. The van der Waals surface area contributed by atoms with Gasteiger partial charge in [-0.2, -0.15) is 0 Å². The highest BCUT2D eigenvalue weighted by molar-refractivity contribution is 5.77. The number of hydrogen-bond donors (Lipinski definition) is 2. The second-order valence-corrected chi connectivity index (χ2v) is 11.2. The van der Waals surface area contributed by atoms with Gasteiger partial charge in [0.05, 0.1) is 5.92 Å². The molecule has 2 N–H and O–H groups in total. The van der Waals surface area contributed by atoms with Gasteiger partial charge in [-0.3, -0.25) is 4.79 Å². The number of halogens is 1. The van der Waals surface area contributed by atoms with Gasteiger partial charge in [-0.05, 0) is 117 Å². The van der Waals surface area contributed by atoms with E-state index in [1.807, 2.05) is 26.8 Å². The summed E-state index contributed by atoms with van der Waals surface area (Å²) >= 11 is 0. The van der Waals surface area contributed by atoms with E-state index in [1.54, 1.807) is 6.07 Å². The van der Waals surface area contributed by atoms with Crippen molar-refractivity contribution < 1.29 is 14.3 Å². The molecule has 202 valence electrons. The number of nitrogens with one attached hydrogen (secondary N) is 1. The smallest absolute Gasteiger partial charge is 0.311 e. The molecule has 0 spiro atoms. The van der Waals surface area contributed by atoms with Gasteiger partial charge in [0.1, 0.15) is 11.6 Å². The minimum Gasteiger partial charge on any atom is -0.481 e. The molecule has 2 aliphatic heterocycles. The Morgan fingerprint density at radius 2 is 1.97 bits per heavy atom. The SMILES string of the molecule is CCc1c(F)cc(C(C)C)cc1[C@H](C(=O)O)C1CCN(CCCCCc2ccc3c(n2)NCCC3)CC1. The van der Waals surface area contributed by atoms with Gasteiger partial charge >= 0.3 is 5.97 Å². The Labute approximate surface area is 221 Å². The topological polar surface area (TPSA) is 65.5 Å². The number of unbranched alkanes of at least 4 members (excludes halogenated alkanes) is 2. The van der Waals surface area contributed by atoms with Crippen molar-refractivity contribution in [1.29, 1.82) is 0 Å². The van der Waals surface area contributed by atoms with Gasteiger partial charge in [-0.15, -0.1) is 0 Å². The van der Waals surface area contributed by atoms with Crippen LogP contribution in [-0.4, -0.2) is 47.1 Å². The highest BCUT2D eigenvalue weighted by Gasteiger charge is 2.34. The van der Waals surface area contributed by atoms with Gasteiger partial charge in [-0.1, -0.05) is 39.3 Å². The first-order valence-corrected chi connectivity index (χ1v) is 14.4. The van der Waals surface area contributed by atoms with Gasteiger partial charge < -0.3 is 15.3 Å². The van der Waals surface area contributed by atoms with Crippen LogP contribution in [0.25, 0.3) is 0 Å². The van der Waals surface area contributed by atoms with E-state index < -0.39 is 11.9 Å². The number of carboxylic acid groups (broad SMARTS) is 1. The van der Waals surface area contributed by atoms with Gasteiger partial charge in [0.25, 0.3) is 0 Å².